The molecule has 1 atom stereocenters. The van der Waals surface area contributed by atoms with Gasteiger partial charge in [0.25, 0.3) is 0 Å². The molecule has 112 valence electrons. The number of nitrogens with one attached hydrogen (secondary N) is 1. The zero-order valence-electron chi connectivity index (χ0n) is 12.1. The van der Waals surface area contributed by atoms with Crippen LogP contribution in [0.15, 0.2) is 24.3 Å². The van der Waals surface area contributed by atoms with Crippen molar-refractivity contribution in [3.63, 3.8) is 0 Å². The van der Waals surface area contributed by atoms with E-state index in [-0.39, 0.29) is 6.61 Å². The van der Waals surface area contributed by atoms with Crippen LogP contribution in [-0.2, 0) is 0 Å². The van der Waals surface area contributed by atoms with Gasteiger partial charge in [-0.2, -0.15) is 0 Å². The first-order valence-electron chi connectivity index (χ1n) is 7.25. The Labute approximate surface area is 120 Å². The number of piperazine rings is 1. The smallest absolute Gasteiger partial charge is 0.0914 e. The van der Waals surface area contributed by atoms with Crippen LogP contribution in [0.2, 0.25) is 0 Å². The molecule has 0 aromatic heterocycles. The molecule has 20 heavy (non-hydrogen) atoms. The van der Waals surface area contributed by atoms with Crippen molar-refractivity contribution < 1.29 is 10.2 Å². The van der Waals surface area contributed by atoms with Gasteiger partial charge in [0.15, 0.2) is 0 Å². The summed E-state index contributed by atoms with van der Waals surface area (Å²) in [5, 5.41) is 21.8. The van der Waals surface area contributed by atoms with Crippen molar-refractivity contribution in [2.75, 3.05) is 57.8 Å². The van der Waals surface area contributed by atoms with Crippen LogP contribution in [0.4, 0.5) is 5.69 Å². The molecule has 0 aliphatic carbocycles. The number of anilines is 1. The number of β-amino-alcohol motifs (C(OH)–C–C–N with tert-alkyl or cyclic N) is 1. The van der Waals surface area contributed by atoms with Crippen LogP contribution in [-0.4, -0.2) is 68.0 Å². The van der Waals surface area contributed by atoms with Crippen molar-refractivity contribution in [1.29, 1.82) is 0 Å². The normalized spacial score (nSPS) is 18.2. The Morgan fingerprint density at radius 3 is 2.35 bits per heavy atom. The van der Waals surface area contributed by atoms with E-state index in [1.165, 1.54) is 5.69 Å². The van der Waals surface area contributed by atoms with Crippen molar-refractivity contribution >= 4 is 5.69 Å². The van der Waals surface area contributed by atoms with Gasteiger partial charge in [0.05, 0.1) is 12.7 Å². The van der Waals surface area contributed by atoms with Crippen LogP contribution in [0.25, 0.3) is 0 Å². The van der Waals surface area contributed by atoms with Crippen LogP contribution in [0, 0.1) is 0 Å². The number of hydrogen-bond acceptors (Lipinski definition) is 5. The monoisotopic (exact) mass is 279 g/mol. The molecule has 1 aliphatic heterocycles. The maximum Gasteiger partial charge on any atom is 0.0914 e. The van der Waals surface area contributed by atoms with Gasteiger partial charge >= 0.3 is 0 Å². The molecule has 1 unspecified atom stereocenters. The molecule has 1 saturated heterocycles. The van der Waals surface area contributed by atoms with Gasteiger partial charge in [-0.1, -0.05) is 12.1 Å². The Bertz CT molecular complexity index is 389. The number of rotatable bonds is 6. The summed E-state index contributed by atoms with van der Waals surface area (Å²) >= 11 is 0. The quantitative estimate of drug-likeness (QED) is 0.687. The van der Waals surface area contributed by atoms with E-state index in [2.05, 4.69) is 27.2 Å². The minimum atomic E-state index is -0.449. The zero-order valence-corrected chi connectivity index (χ0v) is 12.1. The van der Waals surface area contributed by atoms with Gasteiger partial charge in [-0.05, 0) is 24.7 Å². The Hall–Kier alpha value is -1.14. The number of aliphatic hydroxyl groups is 2. The van der Waals surface area contributed by atoms with Crippen molar-refractivity contribution in [2.45, 2.75) is 6.10 Å². The first-order chi connectivity index (χ1) is 9.74. The lowest BCUT2D eigenvalue weighted by atomic mass is 10.1. The molecular formula is C15H25N3O2. The molecule has 3 N–H and O–H groups in total. The lowest BCUT2D eigenvalue weighted by molar-refractivity contribution is 0.178. The third kappa shape index (κ3) is 3.93. The topological polar surface area (TPSA) is 59.0 Å². The standard InChI is InChI=1S/C15H25N3O2/c1-16-12-15(20)13-2-4-14(5-3-13)18-8-6-17(7-9-18)10-11-19/h2-5,15-16,19-20H,6-12H2,1H3. The molecule has 0 spiro atoms. The van der Waals surface area contributed by atoms with Crippen LogP contribution >= 0.6 is 0 Å². The van der Waals surface area contributed by atoms with Crippen LogP contribution < -0.4 is 10.2 Å². The third-order valence-electron chi connectivity index (χ3n) is 3.83. The van der Waals surface area contributed by atoms with Crippen LogP contribution in [0.5, 0.6) is 0 Å². The van der Waals surface area contributed by atoms with Crippen molar-refractivity contribution in [1.82, 2.24) is 10.2 Å². The second-order valence-electron chi connectivity index (χ2n) is 5.22. The lowest BCUT2D eigenvalue weighted by Crippen LogP contribution is -2.47. The average molecular weight is 279 g/mol. The summed E-state index contributed by atoms with van der Waals surface area (Å²) in [5.41, 5.74) is 2.15. The maximum atomic E-state index is 9.91. The molecule has 5 nitrogen and oxygen atoms in total. The molecule has 1 heterocycles. The SMILES string of the molecule is CNCC(O)c1ccc(N2CCN(CCO)CC2)cc1. The summed E-state index contributed by atoms with van der Waals surface area (Å²) in [5.74, 6) is 0. The highest BCUT2D eigenvalue weighted by molar-refractivity contribution is 5.48. The second kappa shape index (κ2) is 7.59. The molecule has 0 radical (unpaired) electrons. The molecule has 1 aromatic carbocycles. The summed E-state index contributed by atoms with van der Waals surface area (Å²) in [7, 11) is 1.84. The van der Waals surface area contributed by atoms with Gasteiger partial charge in [0.2, 0.25) is 0 Å². The molecule has 1 aromatic rings. The minimum Gasteiger partial charge on any atom is -0.395 e. The highest BCUT2D eigenvalue weighted by atomic mass is 16.3. The molecule has 0 bridgehead atoms. The maximum absolute atomic E-state index is 9.91. The summed E-state index contributed by atoms with van der Waals surface area (Å²) < 4.78 is 0. The highest BCUT2D eigenvalue weighted by Gasteiger charge is 2.16. The number of benzene rings is 1. The van der Waals surface area contributed by atoms with Gasteiger partial charge in [-0.25, -0.2) is 0 Å². The summed E-state index contributed by atoms with van der Waals surface area (Å²) in [6.07, 6.45) is -0.449. The van der Waals surface area contributed by atoms with E-state index in [9.17, 15) is 5.11 Å². The molecule has 5 heteroatoms. The molecule has 0 saturated carbocycles. The molecular weight excluding hydrogens is 254 g/mol. The molecule has 2 rings (SSSR count). The van der Waals surface area contributed by atoms with Gasteiger partial charge in [-0.15, -0.1) is 0 Å². The van der Waals surface area contributed by atoms with Gasteiger partial charge in [0, 0.05) is 45.0 Å². The second-order valence-corrected chi connectivity index (χ2v) is 5.22. The lowest BCUT2D eigenvalue weighted by Gasteiger charge is -2.35. The number of aliphatic hydroxyl groups excluding tert-OH is 2. The Morgan fingerprint density at radius 1 is 1.15 bits per heavy atom. The number of nitrogens with zero attached hydrogens (tertiary/aromatic N) is 2. The summed E-state index contributed by atoms with van der Waals surface area (Å²) in [4.78, 5) is 4.63. The number of hydrogen-bond donors (Lipinski definition) is 3. The first kappa shape index (κ1) is 15.3. The fraction of sp³-hybridized carbons (Fsp3) is 0.600. The van der Waals surface area contributed by atoms with E-state index >= 15 is 0 Å². The van der Waals surface area contributed by atoms with Crippen LogP contribution in [0.1, 0.15) is 11.7 Å². The Kier molecular flexibility index (Phi) is 5.79. The van der Waals surface area contributed by atoms with Gasteiger partial charge in [-0.3, -0.25) is 4.90 Å². The largest absolute Gasteiger partial charge is 0.395 e. The average Bonchev–Trinajstić information content (AvgIpc) is 2.49. The van der Waals surface area contributed by atoms with Crippen molar-refractivity contribution in [2.24, 2.45) is 0 Å². The number of likely N-dealkylation sites (N-methyl/N-ethyl adjacent to an activating group) is 1. The fourth-order valence-corrected chi connectivity index (χ4v) is 2.59. The Balaban J connectivity index is 1.91. The third-order valence-corrected chi connectivity index (χ3v) is 3.83. The summed E-state index contributed by atoms with van der Waals surface area (Å²) in [6.45, 7) is 5.52. The van der Waals surface area contributed by atoms with Gasteiger partial charge in [0.1, 0.15) is 0 Å². The van der Waals surface area contributed by atoms with E-state index in [0.29, 0.717) is 6.54 Å². The predicted molar refractivity (Wildman–Crippen MR) is 81.1 cm³/mol. The molecule has 1 aliphatic rings. The Morgan fingerprint density at radius 2 is 1.80 bits per heavy atom. The minimum absolute atomic E-state index is 0.234. The van der Waals surface area contributed by atoms with E-state index < -0.39 is 6.10 Å². The predicted octanol–water partition coefficient (Wildman–Crippen LogP) is 0.0537. The van der Waals surface area contributed by atoms with E-state index in [0.717, 1.165) is 38.3 Å². The van der Waals surface area contributed by atoms with E-state index in [1.54, 1.807) is 0 Å². The van der Waals surface area contributed by atoms with Crippen LogP contribution in [0.3, 0.4) is 0 Å². The zero-order chi connectivity index (χ0) is 14.4. The fourth-order valence-electron chi connectivity index (χ4n) is 2.59. The first-order valence-corrected chi connectivity index (χ1v) is 7.25. The van der Waals surface area contributed by atoms with Crippen molar-refractivity contribution in [3.8, 4) is 0 Å². The molecule has 1 fully saturated rings. The summed E-state index contributed by atoms with van der Waals surface area (Å²) in [6, 6.07) is 8.15. The van der Waals surface area contributed by atoms with Gasteiger partial charge < -0.3 is 20.4 Å². The van der Waals surface area contributed by atoms with E-state index in [4.69, 9.17) is 5.11 Å². The van der Waals surface area contributed by atoms with Crippen molar-refractivity contribution in [3.05, 3.63) is 29.8 Å². The van der Waals surface area contributed by atoms with E-state index in [1.807, 2.05) is 19.2 Å². The molecule has 0 amide bonds. The highest BCUT2D eigenvalue weighted by Crippen LogP contribution is 2.20.